The molecule has 0 saturated carbocycles. The van der Waals surface area contributed by atoms with Crippen LogP contribution in [0.1, 0.15) is 39.2 Å². The molecule has 164 valence electrons. The number of nitrogens with zero attached hydrogens (tertiary/aromatic N) is 1. The standard InChI is InChI=1S/C23H32N2O5/c1-15(2)12-25-7-8-28-18(13-25)11-24-22(26)14-29-17-5-6-19-20(16(3)4)10-23(27)30-21(19)9-17/h5-6,9-10,15-16,18H,7-8,11-14H2,1-4H3,(H,24,26). The van der Waals surface area contributed by atoms with E-state index in [0.717, 1.165) is 30.6 Å². The van der Waals surface area contributed by atoms with Gasteiger partial charge in [-0.2, -0.15) is 0 Å². The van der Waals surface area contributed by atoms with Crippen molar-refractivity contribution in [3.8, 4) is 5.75 Å². The Kier molecular flexibility index (Phi) is 7.50. The smallest absolute Gasteiger partial charge is 0.336 e. The quantitative estimate of drug-likeness (QED) is 0.667. The largest absolute Gasteiger partial charge is 0.484 e. The third kappa shape index (κ3) is 6.06. The van der Waals surface area contributed by atoms with Crippen molar-refractivity contribution in [2.45, 2.75) is 39.7 Å². The molecule has 0 radical (unpaired) electrons. The summed E-state index contributed by atoms with van der Waals surface area (Å²) in [5.74, 6) is 1.08. The lowest BCUT2D eigenvalue weighted by molar-refractivity contribution is -0.124. The second-order valence-electron chi connectivity index (χ2n) is 8.57. The number of ether oxygens (including phenoxy) is 2. The molecule has 2 aromatic rings. The van der Waals surface area contributed by atoms with Gasteiger partial charge in [0.15, 0.2) is 6.61 Å². The van der Waals surface area contributed by atoms with Crippen LogP contribution < -0.4 is 15.7 Å². The minimum atomic E-state index is -0.389. The first kappa shape index (κ1) is 22.3. The highest BCUT2D eigenvalue weighted by Crippen LogP contribution is 2.26. The van der Waals surface area contributed by atoms with E-state index in [4.69, 9.17) is 13.9 Å². The molecule has 1 aromatic carbocycles. The van der Waals surface area contributed by atoms with E-state index in [1.54, 1.807) is 12.1 Å². The Morgan fingerprint density at radius 3 is 2.80 bits per heavy atom. The summed E-state index contributed by atoms with van der Waals surface area (Å²) in [5.41, 5.74) is 1.01. The summed E-state index contributed by atoms with van der Waals surface area (Å²) in [6.45, 7) is 12.3. The maximum atomic E-state index is 12.2. The van der Waals surface area contributed by atoms with Crippen LogP contribution in [0.15, 0.2) is 33.5 Å². The highest BCUT2D eigenvalue weighted by atomic mass is 16.5. The van der Waals surface area contributed by atoms with E-state index in [9.17, 15) is 9.59 Å². The van der Waals surface area contributed by atoms with E-state index in [0.29, 0.717) is 30.4 Å². The van der Waals surface area contributed by atoms with Gasteiger partial charge in [-0.3, -0.25) is 9.69 Å². The minimum Gasteiger partial charge on any atom is -0.484 e. The Labute approximate surface area is 177 Å². The second-order valence-corrected chi connectivity index (χ2v) is 8.57. The predicted octanol–water partition coefficient (Wildman–Crippen LogP) is 2.77. The number of carbonyl (C=O) groups is 1. The minimum absolute atomic E-state index is 0.00847. The molecule has 2 heterocycles. The van der Waals surface area contributed by atoms with Gasteiger partial charge in [0.05, 0.1) is 12.7 Å². The van der Waals surface area contributed by atoms with Gasteiger partial charge in [-0.1, -0.05) is 27.7 Å². The van der Waals surface area contributed by atoms with Crippen LogP contribution >= 0.6 is 0 Å². The van der Waals surface area contributed by atoms with E-state index in [-0.39, 0.29) is 30.2 Å². The first-order chi connectivity index (χ1) is 14.3. The third-order valence-corrected chi connectivity index (χ3v) is 5.11. The highest BCUT2D eigenvalue weighted by Gasteiger charge is 2.21. The van der Waals surface area contributed by atoms with Crippen LogP contribution in [0.3, 0.4) is 0 Å². The van der Waals surface area contributed by atoms with Crippen molar-refractivity contribution in [3.63, 3.8) is 0 Å². The molecule has 1 aliphatic heterocycles. The third-order valence-electron chi connectivity index (χ3n) is 5.11. The summed E-state index contributed by atoms with van der Waals surface area (Å²) in [6.07, 6.45) is -0.00847. The lowest BCUT2D eigenvalue weighted by atomic mass is 10.00. The molecule has 1 unspecified atom stereocenters. The molecule has 1 amide bonds. The second kappa shape index (κ2) is 10.1. The SMILES string of the molecule is CC(C)CN1CCOC(CNC(=O)COc2ccc3c(C(C)C)cc(=O)oc3c2)C1. The van der Waals surface area contributed by atoms with Crippen LogP contribution in [0.5, 0.6) is 5.75 Å². The molecule has 1 aromatic heterocycles. The van der Waals surface area contributed by atoms with Crippen LogP contribution in [-0.2, 0) is 9.53 Å². The fraction of sp³-hybridized carbons (Fsp3) is 0.565. The normalized spacial score (nSPS) is 17.6. The monoisotopic (exact) mass is 416 g/mol. The fourth-order valence-electron chi connectivity index (χ4n) is 3.75. The van der Waals surface area contributed by atoms with Gasteiger partial charge < -0.3 is 19.2 Å². The lowest BCUT2D eigenvalue weighted by Gasteiger charge is -2.33. The van der Waals surface area contributed by atoms with Crippen LogP contribution in [0, 0.1) is 5.92 Å². The van der Waals surface area contributed by atoms with Crippen molar-refractivity contribution >= 4 is 16.9 Å². The molecule has 7 nitrogen and oxygen atoms in total. The van der Waals surface area contributed by atoms with Crippen LogP contribution in [0.25, 0.3) is 11.0 Å². The van der Waals surface area contributed by atoms with Crippen molar-refractivity contribution in [2.75, 3.05) is 39.4 Å². The molecule has 0 aliphatic carbocycles. The van der Waals surface area contributed by atoms with E-state index in [1.165, 1.54) is 6.07 Å². The maximum absolute atomic E-state index is 12.2. The zero-order valence-electron chi connectivity index (χ0n) is 18.3. The van der Waals surface area contributed by atoms with Crippen LogP contribution in [0.4, 0.5) is 0 Å². The van der Waals surface area contributed by atoms with Crippen molar-refractivity contribution in [1.29, 1.82) is 0 Å². The average molecular weight is 417 g/mol. The molecule has 1 aliphatic rings. The Bertz CT molecular complexity index is 921. The molecule has 7 heteroatoms. The fourth-order valence-corrected chi connectivity index (χ4v) is 3.75. The summed E-state index contributed by atoms with van der Waals surface area (Å²) in [7, 11) is 0. The Hall–Kier alpha value is -2.38. The number of hydrogen-bond acceptors (Lipinski definition) is 6. The average Bonchev–Trinajstić information content (AvgIpc) is 2.69. The molecule has 1 fully saturated rings. The van der Waals surface area contributed by atoms with Crippen molar-refractivity contribution in [2.24, 2.45) is 5.92 Å². The summed E-state index contributed by atoms with van der Waals surface area (Å²) in [6, 6.07) is 6.83. The number of amides is 1. The van der Waals surface area contributed by atoms with Crippen molar-refractivity contribution < 1.29 is 18.7 Å². The number of morpholine rings is 1. The number of carbonyl (C=O) groups excluding carboxylic acids is 1. The number of benzene rings is 1. The molecule has 1 saturated heterocycles. The zero-order chi connectivity index (χ0) is 21.7. The number of rotatable bonds is 8. The topological polar surface area (TPSA) is 81.0 Å². The van der Waals surface area contributed by atoms with Crippen molar-refractivity contribution in [1.82, 2.24) is 10.2 Å². The van der Waals surface area contributed by atoms with Gasteiger partial charge in [0, 0.05) is 43.7 Å². The number of hydrogen-bond donors (Lipinski definition) is 1. The Morgan fingerprint density at radius 2 is 2.07 bits per heavy atom. The summed E-state index contributed by atoms with van der Waals surface area (Å²) < 4.78 is 16.7. The summed E-state index contributed by atoms with van der Waals surface area (Å²) in [5, 5.41) is 3.75. The molecule has 0 bridgehead atoms. The van der Waals surface area contributed by atoms with E-state index in [1.807, 2.05) is 19.9 Å². The van der Waals surface area contributed by atoms with Gasteiger partial charge >= 0.3 is 5.63 Å². The zero-order valence-corrected chi connectivity index (χ0v) is 18.3. The molecule has 3 rings (SSSR count). The maximum Gasteiger partial charge on any atom is 0.336 e. The van der Waals surface area contributed by atoms with Gasteiger partial charge in [0.25, 0.3) is 5.91 Å². The number of fused-ring (bicyclic) bond motifs is 1. The molecule has 30 heavy (non-hydrogen) atoms. The van der Waals surface area contributed by atoms with Gasteiger partial charge in [-0.25, -0.2) is 4.79 Å². The van der Waals surface area contributed by atoms with Gasteiger partial charge in [0.2, 0.25) is 0 Å². The first-order valence-electron chi connectivity index (χ1n) is 10.6. The lowest BCUT2D eigenvalue weighted by Crippen LogP contribution is -2.48. The van der Waals surface area contributed by atoms with E-state index in [2.05, 4.69) is 24.1 Å². The van der Waals surface area contributed by atoms with Crippen LogP contribution in [-0.4, -0.2) is 56.3 Å². The summed E-state index contributed by atoms with van der Waals surface area (Å²) in [4.78, 5) is 26.4. The Morgan fingerprint density at radius 1 is 1.27 bits per heavy atom. The molecular formula is C23H32N2O5. The molecular weight excluding hydrogens is 384 g/mol. The van der Waals surface area contributed by atoms with Gasteiger partial charge in [0.1, 0.15) is 11.3 Å². The molecule has 1 atom stereocenters. The van der Waals surface area contributed by atoms with Crippen LogP contribution in [0.2, 0.25) is 0 Å². The van der Waals surface area contributed by atoms with E-state index < -0.39 is 0 Å². The van der Waals surface area contributed by atoms with Gasteiger partial charge in [-0.05, 0) is 29.5 Å². The number of nitrogens with one attached hydrogen (secondary N) is 1. The molecule has 0 spiro atoms. The first-order valence-corrected chi connectivity index (χ1v) is 10.6. The van der Waals surface area contributed by atoms with Crippen molar-refractivity contribution in [3.05, 3.63) is 40.2 Å². The van der Waals surface area contributed by atoms with E-state index >= 15 is 0 Å². The molecule has 1 N–H and O–H groups in total. The van der Waals surface area contributed by atoms with Gasteiger partial charge in [-0.15, -0.1) is 0 Å². The summed E-state index contributed by atoms with van der Waals surface area (Å²) >= 11 is 0. The predicted molar refractivity (Wildman–Crippen MR) is 116 cm³/mol. The highest BCUT2D eigenvalue weighted by molar-refractivity contribution is 5.82. The Balaban J connectivity index is 1.52.